The number of hydrogen-bond acceptors (Lipinski definition) is 4. The lowest BCUT2D eigenvalue weighted by Crippen LogP contribution is -2.51. The first-order valence-corrected chi connectivity index (χ1v) is 11.0. The van der Waals surface area contributed by atoms with Crippen molar-refractivity contribution in [3.8, 4) is 10.6 Å². The average molecular weight is 457 g/mol. The number of halogens is 3. The Bertz CT molecular complexity index is 1210. The number of carbonyl (C=O) groups excluding carboxylic acids is 2. The molecule has 32 heavy (non-hydrogen) atoms. The number of carbonyl (C=O) groups is 2. The normalized spacial score (nSPS) is 20.5. The molecule has 1 atom stereocenters. The molecule has 2 aromatic carbocycles. The van der Waals surface area contributed by atoms with E-state index >= 15 is 0 Å². The summed E-state index contributed by atoms with van der Waals surface area (Å²) in [7, 11) is 0. The van der Waals surface area contributed by atoms with Gasteiger partial charge in [0.1, 0.15) is 10.5 Å². The summed E-state index contributed by atoms with van der Waals surface area (Å²) in [4.78, 5) is 31.5. The number of nitrogens with zero attached hydrogens (tertiary/aromatic N) is 2. The molecule has 1 aliphatic carbocycles. The highest BCUT2D eigenvalue weighted by Gasteiger charge is 2.52. The third-order valence-electron chi connectivity index (χ3n) is 6.01. The SMILES string of the molecule is O=C1NC2(CCc3ccccc3C2)C(=O)N1Cc1csc(-c2ccc(C(F)(F)F)cc2)n1. The largest absolute Gasteiger partial charge is 0.416 e. The second-order valence-electron chi connectivity index (χ2n) is 8.07. The van der Waals surface area contributed by atoms with Crippen LogP contribution in [0.1, 0.15) is 28.8 Å². The molecule has 2 heterocycles. The van der Waals surface area contributed by atoms with Crippen molar-refractivity contribution in [2.75, 3.05) is 0 Å². The van der Waals surface area contributed by atoms with Crippen molar-refractivity contribution >= 4 is 23.3 Å². The summed E-state index contributed by atoms with van der Waals surface area (Å²) >= 11 is 1.26. The van der Waals surface area contributed by atoms with Crippen LogP contribution in [0, 0.1) is 0 Å². The van der Waals surface area contributed by atoms with Crippen LogP contribution in [0.3, 0.4) is 0 Å². The van der Waals surface area contributed by atoms with Crippen molar-refractivity contribution in [2.45, 2.75) is 37.5 Å². The Morgan fingerprint density at radius 1 is 1.06 bits per heavy atom. The summed E-state index contributed by atoms with van der Waals surface area (Å²) in [5.41, 5.74) is 1.66. The van der Waals surface area contributed by atoms with Gasteiger partial charge >= 0.3 is 12.2 Å². The Morgan fingerprint density at radius 2 is 1.78 bits per heavy atom. The fraction of sp³-hybridized carbons (Fsp3) is 0.261. The topological polar surface area (TPSA) is 62.3 Å². The van der Waals surface area contributed by atoms with Crippen LogP contribution >= 0.6 is 11.3 Å². The van der Waals surface area contributed by atoms with Crippen molar-refractivity contribution in [2.24, 2.45) is 0 Å². The number of thiazole rings is 1. The first-order valence-electron chi connectivity index (χ1n) is 10.1. The van der Waals surface area contributed by atoms with Crippen LogP contribution in [0.2, 0.25) is 0 Å². The van der Waals surface area contributed by atoms with Gasteiger partial charge in [-0.05, 0) is 36.1 Å². The van der Waals surface area contributed by atoms with E-state index in [-0.39, 0.29) is 12.5 Å². The minimum absolute atomic E-state index is 0.0190. The molecule has 9 heteroatoms. The van der Waals surface area contributed by atoms with Gasteiger partial charge in [-0.1, -0.05) is 36.4 Å². The Morgan fingerprint density at radius 3 is 2.50 bits per heavy atom. The molecule has 0 radical (unpaired) electrons. The maximum atomic E-state index is 13.2. The van der Waals surface area contributed by atoms with E-state index < -0.39 is 23.3 Å². The molecule has 3 aromatic rings. The number of nitrogens with one attached hydrogen (secondary N) is 1. The standard InChI is InChI=1S/C23H18F3N3O2S/c24-23(25,26)17-7-5-15(6-8-17)19-27-18(13-32-19)12-29-20(30)22(28-21(29)31)10-9-14-3-1-2-4-16(14)11-22/h1-8,13H,9-12H2,(H,28,31). The third kappa shape index (κ3) is 3.56. The number of imide groups is 1. The number of alkyl halides is 3. The fourth-order valence-corrected chi connectivity index (χ4v) is 5.14. The Kier molecular flexibility index (Phi) is 4.81. The minimum atomic E-state index is -4.40. The van der Waals surface area contributed by atoms with E-state index in [0.717, 1.165) is 17.7 Å². The summed E-state index contributed by atoms with van der Waals surface area (Å²) in [6, 6.07) is 12.2. The Hall–Kier alpha value is -3.20. The maximum Gasteiger partial charge on any atom is 0.416 e. The summed E-state index contributed by atoms with van der Waals surface area (Å²) < 4.78 is 38.3. The maximum absolute atomic E-state index is 13.2. The number of aryl methyl sites for hydroxylation is 1. The smallest absolute Gasteiger partial charge is 0.323 e. The number of aromatic nitrogens is 1. The second-order valence-corrected chi connectivity index (χ2v) is 8.93. The van der Waals surface area contributed by atoms with E-state index in [1.165, 1.54) is 33.9 Å². The van der Waals surface area contributed by atoms with Gasteiger partial charge in [0, 0.05) is 17.4 Å². The monoisotopic (exact) mass is 457 g/mol. The predicted octanol–water partition coefficient (Wildman–Crippen LogP) is 4.81. The van der Waals surface area contributed by atoms with Crippen molar-refractivity contribution in [3.05, 3.63) is 76.3 Å². The molecule has 164 valence electrons. The zero-order valence-electron chi connectivity index (χ0n) is 16.8. The number of rotatable bonds is 3. The molecule has 1 saturated heterocycles. The number of amides is 3. The van der Waals surface area contributed by atoms with Crippen LogP contribution in [-0.4, -0.2) is 27.4 Å². The lowest BCUT2D eigenvalue weighted by atomic mass is 9.78. The molecule has 1 fully saturated rings. The Labute approximate surface area is 185 Å². The minimum Gasteiger partial charge on any atom is -0.323 e. The first-order chi connectivity index (χ1) is 15.2. The van der Waals surface area contributed by atoms with E-state index in [0.29, 0.717) is 35.5 Å². The zero-order chi connectivity index (χ0) is 22.5. The van der Waals surface area contributed by atoms with Crippen molar-refractivity contribution in [1.29, 1.82) is 0 Å². The van der Waals surface area contributed by atoms with Gasteiger partial charge in [0.05, 0.1) is 17.8 Å². The molecule has 5 rings (SSSR count). The Balaban J connectivity index is 1.33. The van der Waals surface area contributed by atoms with E-state index in [9.17, 15) is 22.8 Å². The zero-order valence-corrected chi connectivity index (χ0v) is 17.6. The first kappa shape index (κ1) is 20.7. The summed E-state index contributed by atoms with van der Waals surface area (Å²) in [6.45, 7) is 0.0190. The molecule has 0 bridgehead atoms. The van der Waals surface area contributed by atoms with Gasteiger partial charge in [0.15, 0.2) is 0 Å². The lowest BCUT2D eigenvalue weighted by molar-refractivity contribution is -0.137. The number of fused-ring (bicyclic) bond motifs is 1. The van der Waals surface area contributed by atoms with Gasteiger partial charge in [-0.2, -0.15) is 13.2 Å². The second kappa shape index (κ2) is 7.44. The molecule has 1 aliphatic heterocycles. The van der Waals surface area contributed by atoms with E-state index in [4.69, 9.17) is 0 Å². The summed E-state index contributed by atoms with van der Waals surface area (Å²) in [5, 5.41) is 5.14. The number of urea groups is 1. The van der Waals surface area contributed by atoms with Gasteiger partial charge in [0.25, 0.3) is 5.91 Å². The van der Waals surface area contributed by atoms with Crippen LogP contribution in [0.4, 0.5) is 18.0 Å². The van der Waals surface area contributed by atoms with Crippen LogP contribution in [0.25, 0.3) is 10.6 Å². The van der Waals surface area contributed by atoms with Crippen LogP contribution in [-0.2, 0) is 30.4 Å². The molecular formula is C23H18F3N3O2S. The summed E-state index contributed by atoms with van der Waals surface area (Å²) in [5.74, 6) is -0.263. The molecule has 3 amide bonds. The highest BCUT2D eigenvalue weighted by molar-refractivity contribution is 7.13. The molecule has 1 N–H and O–H groups in total. The lowest BCUT2D eigenvalue weighted by Gasteiger charge is -2.32. The number of hydrogen-bond donors (Lipinski definition) is 1. The number of benzene rings is 2. The van der Waals surface area contributed by atoms with Gasteiger partial charge in [-0.25, -0.2) is 9.78 Å². The fourth-order valence-electron chi connectivity index (χ4n) is 4.32. The van der Waals surface area contributed by atoms with E-state index in [1.807, 2.05) is 24.3 Å². The molecule has 1 aromatic heterocycles. The van der Waals surface area contributed by atoms with Crippen LogP contribution in [0.5, 0.6) is 0 Å². The quantitative estimate of drug-likeness (QED) is 0.575. The van der Waals surface area contributed by atoms with Gasteiger partial charge in [0.2, 0.25) is 0 Å². The van der Waals surface area contributed by atoms with Crippen LogP contribution in [0.15, 0.2) is 53.9 Å². The van der Waals surface area contributed by atoms with E-state index in [2.05, 4.69) is 10.3 Å². The van der Waals surface area contributed by atoms with Gasteiger partial charge in [-0.3, -0.25) is 9.69 Å². The highest BCUT2D eigenvalue weighted by atomic mass is 32.1. The predicted molar refractivity (Wildman–Crippen MR) is 113 cm³/mol. The van der Waals surface area contributed by atoms with Gasteiger partial charge in [-0.15, -0.1) is 11.3 Å². The third-order valence-corrected chi connectivity index (χ3v) is 6.95. The van der Waals surface area contributed by atoms with Crippen molar-refractivity contribution < 1.29 is 22.8 Å². The highest BCUT2D eigenvalue weighted by Crippen LogP contribution is 2.35. The average Bonchev–Trinajstić information content (AvgIpc) is 3.32. The molecule has 0 saturated carbocycles. The molecular weight excluding hydrogens is 439 g/mol. The molecule has 1 unspecified atom stereocenters. The van der Waals surface area contributed by atoms with Crippen molar-refractivity contribution in [1.82, 2.24) is 15.2 Å². The van der Waals surface area contributed by atoms with E-state index in [1.54, 1.807) is 5.38 Å². The van der Waals surface area contributed by atoms with Gasteiger partial charge < -0.3 is 5.32 Å². The van der Waals surface area contributed by atoms with Crippen LogP contribution < -0.4 is 5.32 Å². The summed E-state index contributed by atoms with van der Waals surface area (Å²) in [6.07, 6.45) is -2.69. The molecule has 1 spiro atoms. The molecule has 2 aliphatic rings. The molecule has 5 nitrogen and oxygen atoms in total. The van der Waals surface area contributed by atoms with Crippen molar-refractivity contribution in [3.63, 3.8) is 0 Å².